The number of hydrogen-bond acceptors (Lipinski definition) is 0. The normalized spacial score (nSPS) is 13.9. The molecule has 0 nitrogen and oxygen atoms in total. The van der Waals surface area contributed by atoms with Crippen molar-refractivity contribution in [3.63, 3.8) is 0 Å². The Bertz CT molecular complexity index is 328. The number of allylic oxidation sites excluding steroid dienone is 6. The number of hydrogen-bond donors (Lipinski definition) is 0. The molecule has 0 aliphatic heterocycles. The molecule has 0 aliphatic carbocycles. The molecule has 21 heavy (non-hydrogen) atoms. The van der Waals surface area contributed by atoms with Crippen LogP contribution in [-0.4, -0.2) is 0 Å². The first kappa shape index (κ1) is 20.2. The zero-order valence-corrected chi connectivity index (χ0v) is 15.3. The molecule has 122 valence electrons. The van der Waals surface area contributed by atoms with Crippen molar-refractivity contribution >= 4 is 0 Å². The van der Waals surface area contributed by atoms with E-state index in [1.54, 1.807) is 11.1 Å². The minimum Gasteiger partial charge on any atom is -0.0887 e. The quantitative estimate of drug-likeness (QED) is 0.254. The van der Waals surface area contributed by atoms with Gasteiger partial charge in [-0.2, -0.15) is 0 Å². The lowest BCUT2D eigenvalue weighted by Gasteiger charge is -2.03. The molecule has 0 aromatic carbocycles. The van der Waals surface area contributed by atoms with Crippen molar-refractivity contribution in [2.24, 2.45) is 0 Å². The van der Waals surface area contributed by atoms with E-state index >= 15 is 0 Å². The van der Waals surface area contributed by atoms with Gasteiger partial charge in [-0.3, -0.25) is 0 Å². The third-order valence-corrected chi connectivity index (χ3v) is 4.23. The highest BCUT2D eigenvalue weighted by Gasteiger charge is 1.94. The highest BCUT2D eigenvalue weighted by molar-refractivity contribution is 5.05. The first-order valence-corrected chi connectivity index (χ1v) is 9.03. The van der Waals surface area contributed by atoms with Gasteiger partial charge in [-0.25, -0.2) is 0 Å². The fourth-order valence-corrected chi connectivity index (χ4v) is 2.45. The molecule has 0 aliphatic rings. The Hall–Kier alpha value is -0.780. The molecule has 0 fully saturated rings. The molecule has 0 rings (SSSR count). The summed E-state index contributed by atoms with van der Waals surface area (Å²) in [7, 11) is 0. The lowest BCUT2D eigenvalue weighted by atomic mass is 10.0. The summed E-state index contributed by atoms with van der Waals surface area (Å²) in [5, 5.41) is 0. The Morgan fingerprint density at radius 3 is 1.76 bits per heavy atom. The fraction of sp³-hybridized carbons (Fsp3) is 0.714. The van der Waals surface area contributed by atoms with Gasteiger partial charge in [0, 0.05) is 0 Å². The van der Waals surface area contributed by atoms with Crippen LogP contribution < -0.4 is 0 Å². The second kappa shape index (κ2) is 14.2. The van der Waals surface area contributed by atoms with Crippen LogP contribution >= 0.6 is 0 Å². The van der Waals surface area contributed by atoms with Crippen LogP contribution in [-0.2, 0) is 0 Å². The van der Waals surface area contributed by atoms with Gasteiger partial charge in [-0.1, -0.05) is 67.6 Å². The van der Waals surface area contributed by atoms with Gasteiger partial charge in [0.1, 0.15) is 0 Å². The van der Waals surface area contributed by atoms with Crippen molar-refractivity contribution in [1.29, 1.82) is 0 Å². The highest BCUT2D eigenvalue weighted by Crippen LogP contribution is 2.14. The van der Waals surface area contributed by atoms with Crippen LogP contribution in [0.25, 0.3) is 0 Å². The van der Waals surface area contributed by atoms with Crippen molar-refractivity contribution < 1.29 is 0 Å². The average Bonchev–Trinajstić information content (AvgIpc) is 2.46. The largest absolute Gasteiger partial charge is 0.0887 e. The molecule has 0 heteroatoms. The second-order valence-electron chi connectivity index (χ2n) is 6.48. The molecule has 0 amide bonds. The van der Waals surface area contributed by atoms with Gasteiger partial charge in [0.05, 0.1) is 0 Å². The predicted octanol–water partition coefficient (Wildman–Crippen LogP) is 7.77. The third-order valence-electron chi connectivity index (χ3n) is 4.23. The zero-order valence-electron chi connectivity index (χ0n) is 15.3. The summed E-state index contributed by atoms with van der Waals surface area (Å²) in [6.07, 6.45) is 20.2. The molecule has 0 bridgehead atoms. The maximum absolute atomic E-state index is 2.45. The predicted molar refractivity (Wildman–Crippen MR) is 98.8 cm³/mol. The molecule has 0 radical (unpaired) electrons. The van der Waals surface area contributed by atoms with E-state index < -0.39 is 0 Å². The first-order chi connectivity index (χ1) is 10.1. The summed E-state index contributed by atoms with van der Waals surface area (Å²) in [4.78, 5) is 0. The first-order valence-electron chi connectivity index (χ1n) is 9.03. The van der Waals surface area contributed by atoms with Crippen molar-refractivity contribution in [1.82, 2.24) is 0 Å². The van der Waals surface area contributed by atoms with E-state index in [0.29, 0.717) is 0 Å². The molecular formula is C21H38. The number of unbranched alkanes of at least 4 members (excludes halogenated alkanes) is 4. The Morgan fingerprint density at radius 1 is 0.667 bits per heavy atom. The maximum atomic E-state index is 2.45. The minimum absolute atomic E-state index is 1.20. The summed E-state index contributed by atoms with van der Waals surface area (Å²) in [5.74, 6) is 0. The summed E-state index contributed by atoms with van der Waals surface area (Å²) in [6.45, 7) is 11.2. The molecule has 0 saturated carbocycles. The second-order valence-corrected chi connectivity index (χ2v) is 6.48. The van der Waals surface area contributed by atoms with Crippen LogP contribution in [0.4, 0.5) is 0 Å². The van der Waals surface area contributed by atoms with Crippen molar-refractivity contribution in [2.75, 3.05) is 0 Å². The molecule has 0 unspecified atom stereocenters. The van der Waals surface area contributed by atoms with Gasteiger partial charge < -0.3 is 0 Å². The standard InChI is InChI=1S/C21H38/c1-6-8-9-10-11-14-20(4)17-13-18-21(5)16-12-15-19(3)7-2/h7,16-17H,6,8-15,18H2,1-5H3. The van der Waals surface area contributed by atoms with Crippen molar-refractivity contribution in [3.8, 4) is 0 Å². The summed E-state index contributed by atoms with van der Waals surface area (Å²) in [6, 6.07) is 0. The van der Waals surface area contributed by atoms with Gasteiger partial charge in [-0.15, -0.1) is 0 Å². The Labute approximate surface area is 134 Å². The summed E-state index contributed by atoms with van der Waals surface area (Å²) < 4.78 is 0. The van der Waals surface area contributed by atoms with E-state index in [1.165, 1.54) is 69.8 Å². The van der Waals surface area contributed by atoms with Crippen LogP contribution in [0.15, 0.2) is 34.9 Å². The molecule has 0 spiro atoms. The fourth-order valence-electron chi connectivity index (χ4n) is 2.45. The van der Waals surface area contributed by atoms with Crippen LogP contribution in [0.3, 0.4) is 0 Å². The lowest BCUT2D eigenvalue weighted by Crippen LogP contribution is -1.83. The van der Waals surface area contributed by atoms with E-state index in [2.05, 4.69) is 52.8 Å². The molecule has 0 heterocycles. The smallest absolute Gasteiger partial charge is 0.0288 e. The van der Waals surface area contributed by atoms with Crippen LogP contribution in [0.5, 0.6) is 0 Å². The van der Waals surface area contributed by atoms with E-state index in [1.807, 2.05) is 0 Å². The van der Waals surface area contributed by atoms with Gasteiger partial charge >= 0.3 is 0 Å². The lowest BCUT2D eigenvalue weighted by molar-refractivity contribution is 0.630. The van der Waals surface area contributed by atoms with Crippen molar-refractivity contribution in [3.05, 3.63) is 34.9 Å². The zero-order chi connectivity index (χ0) is 15.9. The SMILES string of the molecule is CC=C(C)CCC=C(C)CCC=C(C)CCCCCCC. The average molecular weight is 291 g/mol. The molecule has 0 aromatic rings. The van der Waals surface area contributed by atoms with Crippen LogP contribution in [0.1, 0.15) is 98.8 Å². The van der Waals surface area contributed by atoms with Gasteiger partial charge in [-0.05, 0) is 66.2 Å². The third kappa shape index (κ3) is 13.9. The van der Waals surface area contributed by atoms with Gasteiger partial charge in [0.2, 0.25) is 0 Å². The molecule has 0 saturated heterocycles. The molecule has 0 aromatic heterocycles. The molecule has 0 N–H and O–H groups in total. The van der Waals surface area contributed by atoms with E-state index in [0.717, 1.165) is 0 Å². The van der Waals surface area contributed by atoms with E-state index in [-0.39, 0.29) is 0 Å². The van der Waals surface area contributed by atoms with Gasteiger partial charge in [0.25, 0.3) is 0 Å². The minimum atomic E-state index is 1.20. The van der Waals surface area contributed by atoms with E-state index in [9.17, 15) is 0 Å². The Balaban J connectivity index is 3.73. The Kier molecular flexibility index (Phi) is 13.6. The maximum Gasteiger partial charge on any atom is -0.0288 e. The topological polar surface area (TPSA) is 0 Å². The van der Waals surface area contributed by atoms with Gasteiger partial charge in [0.15, 0.2) is 0 Å². The van der Waals surface area contributed by atoms with E-state index in [4.69, 9.17) is 0 Å². The molecule has 0 atom stereocenters. The number of rotatable bonds is 12. The van der Waals surface area contributed by atoms with Crippen LogP contribution in [0, 0.1) is 0 Å². The highest BCUT2D eigenvalue weighted by atomic mass is 14.0. The summed E-state index contributed by atoms with van der Waals surface area (Å²) >= 11 is 0. The monoisotopic (exact) mass is 290 g/mol. The Morgan fingerprint density at radius 2 is 1.19 bits per heavy atom. The molecular weight excluding hydrogens is 252 g/mol. The van der Waals surface area contributed by atoms with Crippen molar-refractivity contribution in [2.45, 2.75) is 98.8 Å². The van der Waals surface area contributed by atoms with Crippen LogP contribution in [0.2, 0.25) is 0 Å². The summed E-state index contributed by atoms with van der Waals surface area (Å²) in [5.41, 5.74) is 4.63.